The molecular weight excluding hydrogens is 220 g/mol. The SMILES string of the molecule is CC1=NC=C2C(CC1)c1ccccc1N2C(C)C. The average molecular weight is 240 g/mol. The molecule has 2 heteroatoms. The van der Waals surface area contributed by atoms with Gasteiger partial charge in [-0.1, -0.05) is 18.2 Å². The fraction of sp³-hybridized carbons (Fsp3) is 0.438. The number of aliphatic imine (C=N–C) groups is 1. The highest BCUT2D eigenvalue weighted by molar-refractivity contribution is 5.84. The zero-order valence-corrected chi connectivity index (χ0v) is 11.4. The third kappa shape index (κ3) is 1.67. The molecule has 0 saturated carbocycles. The van der Waals surface area contributed by atoms with Crippen molar-refractivity contribution in [1.82, 2.24) is 0 Å². The monoisotopic (exact) mass is 240 g/mol. The van der Waals surface area contributed by atoms with Gasteiger partial charge in [-0.15, -0.1) is 0 Å². The number of benzene rings is 1. The summed E-state index contributed by atoms with van der Waals surface area (Å²) in [6.45, 7) is 6.63. The molecule has 0 aromatic heterocycles. The fourth-order valence-electron chi connectivity index (χ4n) is 3.09. The molecule has 1 aromatic rings. The molecule has 1 unspecified atom stereocenters. The Bertz CT molecular complexity index is 526. The Hall–Kier alpha value is -1.57. The molecule has 0 radical (unpaired) electrons. The average Bonchev–Trinajstić information content (AvgIpc) is 2.55. The van der Waals surface area contributed by atoms with Crippen LogP contribution in [0.15, 0.2) is 41.2 Å². The van der Waals surface area contributed by atoms with Crippen LogP contribution < -0.4 is 4.90 Å². The second-order valence-electron chi connectivity index (χ2n) is 5.53. The first-order valence-electron chi connectivity index (χ1n) is 6.80. The Labute approximate surface area is 109 Å². The highest BCUT2D eigenvalue weighted by Crippen LogP contribution is 2.47. The van der Waals surface area contributed by atoms with Crippen molar-refractivity contribution in [3.05, 3.63) is 41.7 Å². The van der Waals surface area contributed by atoms with E-state index in [1.54, 1.807) is 0 Å². The van der Waals surface area contributed by atoms with Crippen LogP contribution in [-0.2, 0) is 0 Å². The van der Waals surface area contributed by atoms with Crippen molar-refractivity contribution in [3.63, 3.8) is 0 Å². The molecule has 18 heavy (non-hydrogen) atoms. The summed E-state index contributed by atoms with van der Waals surface area (Å²) in [5, 5.41) is 0. The predicted molar refractivity (Wildman–Crippen MR) is 77.2 cm³/mol. The van der Waals surface area contributed by atoms with Gasteiger partial charge in [0.25, 0.3) is 0 Å². The van der Waals surface area contributed by atoms with Crippen molar-refractivity contribution in [1.29, 1.82) is 0 Å². The molecule has 94 valence electrons. The van der Waals surface area contributed by atoms with Crippen LogP contribution in [0.2, 0.25) is 0 Å². The van der Waals surface area contributed by atoms with Gasteiger partial charge in [0.2, 0.25) is 0 Å². The van der Waals surface area contributed by atoms with E-state index in [1.165, 1.54) is 29.1 Å². The first-order valence-corrected chi connectivity index (χ1v) is 6.80. The Morgan fingerprint density at radius 1 is 1.28 bits per heavy atom. The van der Waals surface area contributed by atoms with E-state index in [2.05, 4.69) is 61.1 Å². The van der Waals surface area contributed by atoms with E-state index in [-0.39, 0.29) is 0 Å². The first-order chi connectivity index (χ1) is 8.68. The normalized spacial score (nSPS) is 22.2. The molecule has 0 aliphatic carbocycles. The van der Waals surface area contributed by atoms with Gasteiger partial charge < -0.3 is 4.90 Å². The lowest BCUT2D eigenvalue weighted by molar-refractivity contribution is 0.694. The fourth-order valence-corrected chi connectivity index (χ4v) is 3.09. The number of nitrogens with zero attached hydrogens (tertiary/aromatic N) is 2. The third-order valence-electron chi connectivity index (χ3n) is 3.94. The quantitative estimate of drug-likeness (QED) is 0.721. The molecule has 2 aliphatic rings. The van der Waals surface area contributed by atoms with Gasteiger partial charge in [0, 0.05) is 35.3 Å². The minimum absolute atomic E-state index is 0.482. The van der Waals surface area contributed by atoms with Crippen molar-refractivity contribution in [2.24, 2.45) is 4.99 Å². The Morgan fingerprint density at radius 3 is 2.83 bits per heavy atom. The summed E-state index contributed by atoms with van der Waals surface area (Å²) in [5.41, 5.74) is 5.47. The minimum atomic E-state index is 0.482. The molecule has 0 spiro atoms. The van der Waals surface area contributed by atoms with Gasteiger partial charge in [0.15, 0.2) is 0 Å². The zero-order valence-electron chi connectivity index (χ0n) is 11.4. The van der Waals surface area contributed by atoms with E-state index in [1.807, 2.05) is 0 Å². The topological polar surface area (TPSA) is 15.6 Å². The second-order valence-corrected chi connectivity index (χ2v) is 5.53. The first kappa shape index (κ1) is 11.5. The van der Waals surface area contributed by atoms with Gasteiger partial charge in [-0.3, -0.25) is 4.99 Å². The lowest BCUT2D eigenvalue weighted by atomic mass is 9.94. The van der Waals surface area contributed by atoms with Crippen LogP contribution >= 0.6 is 0 Å². The number of allylic oxidation sites excluding steroid dienone is 1. The van der Waals surface area contributed by atoms with E-state index in [0.29, 0.717) is 12.0 Å². The standard InChI is InChI=1S/C16H20N2/c1-11(2)18-15-7-5-4-6-13(15)14-9-8-12(3)17-10-16(14)18/h4-7,10-11,14H,8-9H2,1-3H3. The maximum atomic E-state index is 4.59. The lowest BCUT2D eigenvalue weighted by Gasteiger charge is -2.26. The van der Waals surface area contributed by atoms with E-state index in [4.69, 9.17) is 0 Å². The Balaban J connectivity index is 2.13. The van der Waals surface area contributed by atoms with Gasteiger partial charge in [-0.2, -0.15) is 0 Å². The van der Waals surface area contributed by atoms with Crippen molar-refractivity contribution >= 4 is 11.4 Å². The van der Waals surface area contributed by atoms with E-state index in [0.717, 1.165) is 6.42 Å². The highest BCUT2D eigenvalue weighted by atomic mass is 15.2. The van der Waals surface area contributed by atoms with Crippen molar-refractivity contribution in [2.45, 2.75) is 45.6 Å². The summed E-state index contributed by atoms with van der Waals surface area (Å²) in [7, 11) is 0. The number of hydrogen-bond acceptors (Lipinski definition) is 2. The molecule has 0 N–H and O–H groups in total. The number of fused-ring (bicyclic) bond motifs is 3. The molecule has 3 rings (SSSR count). The van der Waals surface area contributed by atoms with Gasteiger partial charge in [0.1, 0.15) is 0 Å². The zero-order chi connectivity index (χ0) is 12.7. The largest absolute Gasteiger partial charge is 0.340 e. The Morgan fingerprint density at radius 2 is 2.06 bits per heavy atom. The van der Waals surface area contributed by atoms with Crippen LogP contribution in [0.5, 0.6) is 0 Å². The highest BCUT2D eigenvalue weighted by Gasteiger charge is 2.35. The maximum Gasteiger partial charge on any atom is 0.0468 e. The lowest BCUT2D eigenvalue weighted by Crippen LogP contribution is -2.27. The molecule has 1 atom stereocenters. The molecular formula is C16H20N2. The van der Waals surface area contributed by atoms with Crippen LogP contribution in [0, 0.1) is 0 Å². The molecule has 2 nitrogen and oxygen atoms in total. The molecule has 1 aromatic carbocycles. The maximum absolute atomic E-state index is 4.59. The summed E-state index contributed by atoms with van der Waals surface area (Å²) in [4.78, 5) is 7.04. The molecule has 2 heterocycles. The van der Waals surface area contributed by atoms with Crippen LogP contribution in [0.3, 0.4) is 0 Å². The van der Waals surface area contributed by atoms with Gasteiger partial charge >= 0.3 is 0 Å². The molecule has 2 aliphatic heterocycles. The Kier molecular flexibility index (Phi) is 2.73. The number of anilines is 1. The number of hydrogen-bond donors (Lipinski definition) is 0. The van der Waals surface area contributed by atoms with Crippen molar-refractivity contribution in [3.8, 4) is 0 Å². The molecule has 0 saturated heterocycles. The van der Waals surface area contributed by atoms with Gasteiger partial charge in [-0.05, 0) is 45.2 Å². The molecule has 0 fully saturated rings. The third-order valence-corrected chi connectivity index (χ3v) is 3.94. The second kappa shape index (κ2) is 4.27. The van der Waals surface area contributed by atoms with Gasteiger partial charge in [-0.25, -0.2) is 0 Å². The van der Waals surface area contributed by atoms with Crippen LogP contribution in [0.4, 0.5) is 5.69 Å². The summed E-state index contributed by atoms with van der Waals surface area (Å²) < 4.78 is 0. The van der Waals surface area contributed by atoms with Crippen LogP contribution in [-0.4, -0.2) is 11.8 Å². The molecule has 0 bridgehead atoms. The van der Waals surface area contributed by atoms with Crippen LogP contribution in [0.1, 0.15) is 45.1 Å². The minimum Gasteiger partial charge on any atom is -0.340 e. The number of rotatable bonds is 1. The number of para-hydroxylation sites is 1. The van der Waals surface area contributed by atoms with Crippen molar-refractivity contribution in [2.75, 3.05) is 4.90 Å². The summed E-state index contributed by atoms with van der Waals surface area (Å²) >= 11 is 0. The summed E-state index contributed by atoms with van der Waals surface area (Å²) in [5.74, 6) is 0.532. The summed E-state index contributed by atoms with van der Waals surface area (Å²) in [6.07, 6.45) is 4.37. The van der Waals surface area contributed by atoms with Crippen LogP contribution in [0.25, 0.3) is 0 Å². The smallest absolute Gasteiger partial charge is 0.0468 e. The van der Waals surface area contributed by atoms with Crippen molar-refractivity contribution < 1.29 is 0 Å². The van der Waals surface area contributed by atoms with Gasteiger partial charge in [0.05, 0.1) is 0 Å². The molecule has 0 amide bonds. The predicted octanol–water partition coefficient (Wildman–Crippen LogP) is 4.09. The van der Waals surface area contributed by atoms with E-state index < -0.39 is 0 Å². The van der Waals surface area contributed by atoms with E-state index >= 15 is 0 Å². The van der Waals surface area contributed by atoms with E-state index in [9.17, 15) is 0 Å². The summed E-state index contributed by atoms with van der Waals surface area (Å²) in [6, 6.07) is 9.28.